The number of hydrogen-bond donors (Lipinski definition) is 2. The van der Waals surface area contributed by atoms with E-state index in [0.29, 0.717) is 12.1 Å². The molecular weight excluding hydrogens is 274 g/mol. The molecule has 0 radical (unpaired) electrons. The van der Waals surface area contributed by atoms with Gasteiger partial charge in [-0.2, -0.15) is 0 Å². The molecule has 0 aromatic heterocycles. The first-order chi connectivity index (χ1) is 9.35. The van der Waals surface area contributed by atoms with Crippen molar-refractivity contribution in [2.24, 2.45) is 0 Å². The second kappa shape index (κ2) is 7.50. The summed E-state index contributed by atoms with van der Waals surface area (Å²) in [5, 5.41) is 3.01. The highest BCUT2D eigenvalue weighted by atomic mass is 32.2. The molecule has 6 heteroatoms. The van der Waals surface area contributed by atoms with E-state index in [1.165, 1.54) is 0 Å². The van der Waals surface area contributed by atoms with Crippen LogP contribution >= 0.6 is 0 Å². The van der Waals surface area contributed by atoms with Gasteiger partial charge in [-0.25, -0.2) is 8.42 Å². The first-order valence-corrected chi connectivity index (χ1v) is 8.44. The number of anilines is 2. The standard InChI is InChI=1S/C14H25N3O2S/c1-12-7-8-13(11-14(12)17(3)4)16-20(18,19)10-6-5-9-15-2/h7-8,11,15-16H,5-6,9-10H2,1-4H3. The summed E-state index contributed by atoms with van der Waals surface area (Å²) in [6.45, 7) is 2.84. The molecule has 0 heterocycles. The number of nitrogens with zero attached hydrogens (tertiary/aromatic N) is 1. The lowest BCUT2D eigenvalue weighted by atomic mass is 10.2. The molecule has 0 aliphatic carbocycles. The summed E-state index contributed by atoms with van der Waals surface area (Å²) in [4.78, 5) is 1.97. The Hall–Kier alpha value is -1.27. The van der Waals surface area contributed by atoms with E-state index in [0.717, 1.165) is 24.2 Å². The zero-order valence-electron chi connectivity index (χ0n) is 12.7. The molecule has 0 saturated carbocycles. The summed E-state index contributed by atoms with van der Waals surface area (Å²) in [7, 11) is 2.48. The molecule has 0 unspecified atom stereocenters. The number of unbranched alkanes of at least 4 members (excludes halogenated alkanes) is 1. The highest BCUT2D eigenvalue weighted by Gasteiger charge is 2.11. The van der Waals surface area contributed by atoms with Gasteiger partial charge in [-0.1, -0.05) is 6.07 Å². The lowest BCUT2D eigenvalue weighted by Crippen LogP contribution is -2.18. The topological polar surface area (TPSA) is 61.4 Å². The van der Waals surface area contributed by atoms with Crippen LogP contribution in [0.1, 0.15) is 18.4 Å². The normalized spacial score (nSPS) is 11.4. The SMILES string of the molecule is CNCCCCS(=O)(=O)Nc1ccc(C)c(N(C)C)c1. The van der Waals surface area contributed by atoms with E-state index in [9.17, 15) is 8.42 Å². The average molecular weight is 299 g/mol. The van der Waals surface area contributed by atoms with Crippen LogP contribution in [0.3, 0.4) is 0 Å². The Labute approximate surface area is 122 Å². The molecule has 0 aliphatic heterocycles. The Kier molecular flexibility index (Phi) is 6.29. The van der Waals surface area contributed by atoms with Crippen LogP contribution in [-0.2, 0) is 10.0 Å². The van der Waals surface area contributed by atoms with Gasteiger partial charge >= 0.3 is 0 Å². The molecular formula is C14H25N3O2S. The largest absolute Gasteiger partial charge is 0.377 e. The molecule has 0 amide bonds. The molecule has 1 aromatic rings. The van der Waals surface area contributed by atoms with Crippen LogP contribution in [0.2, 0.25) is 0 Å². The van der Waals surface area contributed by atoms with Gasteiger partial charge in [0.1, 0.15) is 0 Å². The zero-order valence-corrected chi connectivity index (χ0v) is 13.5. The van der Waals surface area contributed by atoms with Crippen molar-refractivity contribution in [1.82, 2.24) is 5.32 Å². The first kappa shape index (κ1) is 16.8. The van der Waals surface area contributed by atoms with Crippen molar-refractivity contribution in [2.45, 2.75) is 19.8 Å². The fraction of sp³-hybridized carbons (Fsp3) is 0.571. The molecule has 0 spiro atoms. The smallest absolute Gasteiger partial charge is 0.232 e. The first-order valence-electron chi connectivity index (χ1n) is 6.79. The molecule has 1 rings (SSSR count). The number of hydrogen-bond acceptors (Lipinski definition) is 4. The Balaban J connectivity index is 2.70. The fourth-order valence-corrected chi connectivity index (χ4v) is 3.15. The van der Waals surface area contributed by atoms with E-state index in [4.69, 9.17) is 0 Å². The van der Waals surface area contributed by atoms with Crippen molar-refractivity contribution in [2.75, 3.05) is 43.1 Å². The number of sulfonamides is 1. The van der Waals surface area contributed by atoms with Gasteiger partial charge in [0.25, 0.3) is 0 Å². The third-order valence-corrected chi connectivity index (χ3v) is 4.43. The van der Waals surface area contributed by atoms with Gasteiger partial charge in [0, 0.05) is 19.8 Å². The molecule has 1 aromatic carbocycles. The van der Waals surface area contributed by atoms with Crippen LogP contribution in [0, 0.1) is 6.92 Å². The van der Waals surface area contributed by atoms with Crippen LogP contribution in [0.25, 0.3) is 0 Å². The van der Waals surface area contributed by atoms with Crippen molar-refractivity contribution in [1.29, 1.82) is 0 Å². The van der Waals surface area contributed by atoms with Crippen molar-refractivity contribution >= 4 is 21.4 Å². The third-order valence-electron chi connectivity index (χ3n) is 3.05. The summed E-state index contributed by atoms with van der Waals surface area (Å²) in [5.74, 6) is 0.153. The lowest BCUT2D eigenvalue weighted by Gasteiger charge is -2.17. The molecule has 0 atom stereocenters. The van der Waals surface area contributed by atoms with E-state index in [-0.39, 0.29) is 5.75 Å². The van der Waals surface area contributed by atoms with Gasteiger partial charge in [-0.15, -0.1) is 0 Å². The number of aryl methyl sites for hydroxylation is 1. The Bertz CT molecular complexity index is 527. The predicted octanol–water partition coefficient (Wildman–Crippen LogP) is 1.80. The number of rotatable bonds is 8. The van der Waals surface area contributed by atoms with Gasteiger partial charge < -0.3 is 10.2 Å². The Morgan fingerprint density at radius 2 is 1.90 bits per heavy atom. The highest BCUT2D eigenvalue weighted by Crippen LogP contribution is 2.23. The Morgan fingerprint density at radius 3 is 2.50 bits per heavy atom. The maximum Gasteiger partial charge on any atom is 0.232 e. The van der Waals surface area contributed by atoms with Crippen molar-refractivity contribution in [3.05, 3.63) is 23.8 Å². The fourth-order valence-electron chi connectivity index (χ4n) is 1.98. The summed E-state index contributed by atoms with van der Waals surface area (Å²) in [6, 6.07) is 5.59. The van der Waals surface area contributed by atoms with E-state index in [1.807, 2.05) is 45.1 Å². The zero-order chi connectivity index (χ0) is 15.2. The molecule has 0 bridgehead atoms. The van der Waals surface area contributed by atoms with Gasteiger partial charge in [0.15, 0.2) is 0 Å². The molecule has 0 fully saturated rings. The summed E-state index contributed by atoms with van der Waals surface area (Å²) in [5.41, 5.74) is 2.75. The Morgan fingerprint density at radius 1 is 1.20 bits per heavy atom. The minimum absolute atomic E-state index is 0.153. The maximum absolute atomic E-state index is 12.0. The average Bonchev–Trinajstić information content (AvgIpc) is 2.36. The molecule has 114 valence electrons. The monoisotopic (exact) mass is 299 g/mol. The number of nitrogens with one attached hydrogen (secondary N) is 2. The van der Waals surface area contributed by atoms with Crippen LogP contribution in [-0.4, -0.2) is 41.9 Å². The van der Waals surface area contributed by atoms with E-state index in [1.54, 1.807) is 6.07 Å². The van der Waals surface area contributed by atoms with Gasteiger partial charge in [0.2, 0.25) is 10.0 Å². The van der Waals surface area contributed by atoms with Gasteiger partial charge in [-0.3, -0.25) is 4.72 Å². The summed E-state index contributed by atoms with van der Waals surface area (Å²) >= 11 is 0. The maximum atomic E-state index is 12.0. The molecule has 0 aliphatic rings. The number of benzene rings is 1. The third kappa shape index (κ3) is 5.38. The second-order valence-corrected chi connectivity index (χ2v) is 6.97. The lowest BCUT2D eigenvalue weighted by molar-refractivity contribution is 0.595. The van der Waals surface area contributed by atoms with Crippen molar-refractivity contribution in [3.63, 3.8) is 0 Å². The van der Waals surface area contributed by atoms with E-state index in [2.05, 4.69) is 10.0 Å². The molecule has 5 nitrogen and oxygen atoms in total. The summed E-state index contributed by atoms with van der Waals surface area (Å²) < 4.78 is 26.6. The van der Waals surface area contributed by atoms with E-state index >= 15 is 0 Å². The van der Waals surface area contributed by atoms with Crippen LogP contribution < -0.4 is 14.9 Å². The predicted molar refractivity (Wildman–Crippen MR) is 86.1 cm³/mol. The highest BCUT2D eigenvalue weighted by molar-refractivity contribution is 7.92. The van der Waals surface area contributed by atoms with Crippen LogP contribution in [0.4, 0.5) is 11.4 Å². The van der Waals surface area contributed by atoms with E-state index < -0.39 is 10.0 Å². The quantitative estimate of drug-likeness (QED) is 0.719. The van der Waals surface area contributed by atoms with Gasteiger partial charge in [0.05, 0.1) is 11.4 Å². The minimum Gasteiger partial charge on any atom is -0.377 e. The second-order valence-electron chi connectivity index (χ2n) is 5.13. The molecule has 2 N–H and O–H groups in total. The summed E-state index contributed by atoms with van der Waals surface area (Å²) in [6.07, 6.45) is 1.51. The van der Waals surface area contributed by atoms with Crippen molar-refractivity contribution in [3.8, 4) is 0 Å². The van der Waals surface area contributed by atoms with Crippen LogP contribution in [0.15, 0.2) is 18.2 Å². The minimum atomic E-state index is -3.27. The molecule has 20 heavy (non-hydrogen) atoms. The van der Waals surface area contributed by atoms with Crippen LogP contribution in [0.5, 0.6) is 0 Å². The molecule has 0 saturated heterocycles. The van der Waals surface area contributed by atoms with Gasteiger partial charge in [-0.05, 0) is 51.1 Å². The van der Waals surface area contributed by atoms with Crippen molar-refractivity contribution < 1.29 is 8.42 Å².